The van der Waals surface area contributed by atoms with Gasteiger partial charge in [0.1, 0.15) is 5.75 Å². The van der Waals surface area contributed by atoms with E-state index in [1.165, 1.54) is 0 Å². The predicted molar refractivity (Wildman–Crippen MR) is 89.8 cm³/mol. The van der Waals surface area contributed by atoms with Gasteiger partial charge in [0.2, 0.25) is 5.78 Å². The number of nitrogens with zero attached hydrogens (tertiary/aromatic N) is 1. The normalized spacial score (nSPS) is 11.7. The number of rotatable bonds is 5. The second kappa shape index (κ2) is 7.07. The van der Waals surface area contributed by atoms with Gasteiger partial charge in [-0.05, 0) is 36.4 Å². The Balaban J connectivity index is 1.94. The van der Waals surface area contributed by atoms with Crippen LogP contribution in [-0.4, -0.2) is 10.8 Å². The largest absolute Gasteiger partial charge is 0.478 e. The number of ketones is 1. The third-order valence-corrected chi connectivity index (χ3v) is 3.61. The Morgan fingerprint density at radius 3 is 2.35 bits per heavy atom. The van der Waals surface area contributed by atoms with Gasteiger partial charge in [-0.1, -0.05) is 41.9 Å². The molecule has 0 aliphatic heterocycles. The summed E-state index contributed by atoms with van der Waals surface area (Å²) in [6, 6.07) is 19.8. The molecule has 0 amide bonds. The Labute approximate surface area is 139 Å². The van der Waals surface area contributed by atoms with Crippen molar-refractivity contribution in [3.63, 3.8) is 0 Å². The lowest BCUT2D eigenvalue weighted by Gasteiger charge is -2.18. The fourth-order valence-corrected chi connectivity index (χ4v) is 2.34. The molecule has 4 heteroatoms. The fraction of sp³-hybridized carbons (Fsp3) is 0.0526. The summed E-state index contributed by atoms with van der Waals surface area (Å²) >= 11 is 5.89. The van der Waals surface area contributed by atoms with Crippen LogP contribution in [0.5, 0.6) is 5.75 Å². The average molecular weight is 324 g/mol. The Morgan fingerprint density at radius 2 is 1.70 bits per heavy atom. The number of hydrogen-bond acceptors (Lipinski definition) is 3. The quantitative estimate of drug-likeness (QED) is 0.637. The molecule has 0 aliphatic rings. The zero-order valence-electron chi connectivity index (χ0n) is 12.2. The molecule has 0 aliphatic carbocycles. The van der Waals surface area contributed by atoms with E-state index >= 15 is 0 Å². The van der Waals surface area contributed by atoms with Crippen LogP contribution in [0.15, 0.2) is 79.1 Å². The molecular formula is C19H14ClNO2. The average Bonchev–Trinajstić information content (AvgIpc) is 2.62. The predicted octanol–water partition coefficient (Wildman–Crippen LogP) is 4.74. The highest BCUT2D eigenvalue weighted by Crippen LogP contribution is 2.26. The van der Waals surface area contributed by atoms with E-state index in [4.69, 9.17) is 16.3 Å². The van der Waals surface area contributed by atoms with Crippen LogP contribution < -0.4 is 4.74 Å². The molecule has 1 unspecified atom stereocenters. The van der Waals surface area contributed by atoms with Gasteiger partial charge in [-0.2, -0.15) is 0 Å². The van der Waals surface area contributed by atoms with Gasteiger partial charge in [-0.3, -0.25) is 9.78 Å². The van der Waals surface area contributed by atoms with Crippen LogP contribution in [-0.2, 0) is 0 Å². The summed E-state index contributed by atoms with van der Waals surface area (Å²) in [6.45, 7) is 0. The lowest BCUT2D eigenvalue weighted by atomic mass is 10.0. The van der Waals surface area contributed by atoms with E-state index < -0.39 is 6.10 Å². The molecule has 114 valence electrons. The maximum absolute atomic E-state index is 12.8. The molecule has 1 aromatic heterocycles. The van der Waals surface area contributed by atoms with E-state index in [1.807, 2.05) is 30.3 Å². The maximum Gasteiger partial charge on any atom is 0.209 e. The van der Waals surface area contributed by atoms with Crippen LogP contribution in [0.4, 0.5) is 0 Å². The minimum atomic E-state index is -0.735. The van der Waals surface area contributed by atoms with Gasteiger partial charge >= 0.3 is 0 Å². The van der Waals surface area contributed by atoms with Crippen LogP contribution in [0.1, 0.15) is 22.0 Å². The molecule has 0 saturated carbocycles. The number of benzene rings is 2. The molecule has 0 fully saturated rings. The van der Waals surface area contributed by atoms with Gasteiger partial charge in [0, 0.05) is 28.5 Å². The molecule has 1 heterocycles. The molecule has 0 bridgehead atoms. The van der Waals surface area contributed by atoms with Crippen molar-refractivity contribution in [2.75, 3.05) is 0 Å². The molecule has 3 nitrogen and oxygen atoms in total. The van der Waals surface area contributed by atoms with Crippen molar-refractivity contribution in [1.29, 1.82) is 0 Å². The number of halogens is 1. The lowest BCUT2D eigenvalue weighted by molar-refractivity contribution is 0.0792. The molecule has 3 aromatic rings. The molecule has 0 N–H and O–H groups in total. The second-order valence-corrected chi connectivity index (χ2v) is 5.40. The number of aromatic nitrogens is 1. The van der Waals surface area contributed by atoms with Gasteiger partial charge < -0.3 is 4.74 Å². The summed E-state index contributed by atoms with van der Waals surface area (Å²) in [5, 5.41) is 0.618. The second-order valence-electron chi connectivity index (χ2n) is 4.97. The zero-order chi connectivity index (χ0) is 16.1. The van der Waals surface area contributed by atoms with E-state index in [0.717, 1.165) is 5.56 Å². The Kier molecular flexibility index (Phi) is 4.69. The number of ether oxygens (including phenoxy) is 1. The summed E-state index contributed by atoms with van der Waals surface area (Å²) in [7, 11) is 0. The maximum atomic E-state index is 12.8. The number of carbonyl (C=O) groups excluding carboxylic acids is 1. The van der Waals surface area contributed by atoms with E-state index in [-0.39, 0.29) is 5.78 Å². The highest BCUT2D eigenvalue weighted by atomic mass is 35.5. The summed E-state index contributed by atoms with van der Waals surface area (Å²) in [6.07, 6.45) is 2.44. The van der Waals surface area contributed by atoms with Crippen molar-refractivity contribution in [1.82, 2.24) is 4.98 Å². The first-order chi connectivity index (χ1) is 11.2. The third kappa shape index (κ3) is 3.76. The fourth-order valence-electron chi connectivity index (χ4n) is 2.21. The van der Waals surface area contributed by atoms with Gasteiger partial charge in [0.15, 0.2) is 6.10 Å². The summed E-state index contributed by atoms with van der Waals surface area (Å²) in [5.74, 6) is 0.444. The number of hydrogen-bond donors (Lipinski definition) is 0. The topological polar surface area (TPSA) is 39.2 Å². The van der Waals surface area contributed by atoms with Crippen molar-refractivity contribution in [3.8, 4) is 5.75 Å². The lowest BCUT2D eigenvalue weighted by Crippen LogP contribution is -2.19. The number of Topliss-reactive ketones (excluding diaryl/α,β-unsaturated/α-hetero) is 1. The SMILES string of the molecule is O=C(c1cccnc1)C(Oc1ccc(Cl)cc1)c1ccccc1. The molecule has 3 rings (SSSR count). The monoisotopic (exact) mass is 323 g/mol. The minimum absolute atomic E-state index is 0.140. The summed E-state index contributed by atoms with van der Waals surface area (Å²) < 4.78 is 5.94. The number of pyridine rings is 1. The van der Waals surface area contributed by atoms with Crippen molar-refractivity contribution >= 4 is 17.4 Å². The standard InChI is InChI=1S/C19H14ClNO2/c20-16-8-10-17(11-9-16)23-19(14-5-2-1-3-6-14)18(22)15-7-4-12-21-13-15/h1-13,19H. The van der Waals surface area contributed by atoms with Gasteiger partial charge in [-0.15, -0.1) is 0 Å². The van der Waals surface area contributed by atoms with Crippen LogP contribution in [0.3, 0.4) is 0 Å². The van der Waals surface area contributed by atoms with E-state index in [1.54, 1.807) is 48.8 Å². The van der Waals surface area contributed by atoms with Crippen LogP contribution in [0.25, 0.3) is 0 Å². The van der Waals surface area contributed by atoms with Crippen LogP contribution in [0.2, 0.25) is 5.02 Å². The van der Waals surface area contributed by atoms with Crippen molar-refractivity contribution in [3.05, 3.63) is 95.3 Å². The van der Waals surface area contributed by atoms with Gasteiger partial charge in [0.25, 0.3) is 0 Å². The van der Waals surface area contributed by atoms with Crippen molar-refractivity contribution in [2.24, 2.45) is 0 Å². The van der Waals surface area contributed by atoms with Crippen molar-refractivity contribution < 1.29 is 9.53 Å². The first-order valence-electron chi connectivity index (χ1n) is 7.15. The highest BCUT2D eigenvalue weighted by Gasteiger charge is 2.24. The molecule has 23 heavy (non-hydrogen) atoms. The highest BCUT2D eigenvalue weighted by molar-refractivity contribution is 6.30. The molecule has 1 atom stereocenters. The summed E-state index contributed by atoms with van der Waals surface area (Å²) in [4.78, 5) is 16.8. The minimum Gasteiger partial charge on any atom is -0.478 e. The summed E-state index contributed by atoms with van der Waals surface area (Å²) in [5.41, 5.74) is 1.30. The first kappa shape index (κ1) is 15.3. The first-order valence-corrected chi connectivity index (χ1v) is 7.53. The molecule has 0 radical (unpaired) electrons. The third-order valence-electron chi connectivity index (χ3n) is 3.35. The Hall–Kier alpha value is -2.65. The molecule has 0 saturated heterocycles. The Bertz CT molecular complexity index is 773. The van der Waals surface area contributed by atoms with Gasteiger partial charge in [0.05, 0.1) is 0 Å². The Morgan fingerprint density at radius 1 is 0.957 bits per heavy atom. The van der Waals surface area contributed by atoms with Crippen LogP contribution >= 0.6 is 11.6 Å². The molecule has 0 spiro atoms. The smallest absolute Gasteiger partial charge is 0.209 e. The van der Waals surface area contributed by atoms with E-state index in [2.05, 4.69) is 4.98 Å². The molecule has 2 aromatic carbocycles. The van der Waals surface area contributed by atoms with E-state index in [0.29, 0.717) is 16.3 Å². The van der Waals surface area contributed by atoms with E-state index in [9.17, 15) is 4.79 Å². The number of carbonyl (C=O) groups is 1. The van der Waals surface area contributed by atoms with Gasteiger partial charge in [-0.25, -0.2) is 0 Å². The van der Waals surface area contributed by atoms with Crippen molar-refractivity contribution in [2.45, 2.75) is 6.10 Å². The van der Waals surface area contributed by atoms with Crippen LogP contribution in [0, 0.1) is 0 Å². The zero-order valence-corrected chi connectivity index (χ0v) is 13.0. The molecular weight excluding hydrogens is 310 g/mol.